The SMILES string of the molecule is COC1(C)C=CC=CC1O. The van der Waals surface area contributed by atoms with Crippen molar-refractivity contribution in [3.05, 3.63) is 24.3 Å². The molecule has 0 aromatic heterocycles. The Kier molecular flexibility index (Phi) is 1.92. The van der Waals surface area contributed by atoms with Gasteiger partial charge in [0.15, 0.2) is 0 Å². The van der Waals surface area contributed by atoms with Gasteiger partial charge in [0.1, 0.15) is 11.7 Å². The molecule has 2 nitrogen and oxygen atoms in total. The fourth-order valence-corrected chi connectivity index (χ4v) is 0.894. The average Bonchev–Trinajstić information content (AvgIpc) is 1.96. The van der Waals surface area contributed by atoms with Gasteiger partial charge in [0, 0.05) is 7.11 Å². The summed E-state index contributed by atoms with van der Waals surface area (Å²) in [6.07, 6.45) is 6.71. The van der Waals surface area contributed by atoms with Crippen molar-refractivity contribution in [2.45, 2.75) is 18.6 Å². The van der Waals surface area contributed by atoms with Crippen LogP contribution in [0.1, 0.15) is 6.92 Å². The quantitative estimate of drug-likeness (QED) is 0.585. The molecule has 0 amide bonds. The zero-order valence-corrected chi connectivity index (χ0v) is 6.24. The lowest BCUT2D eigenvalue weighted by Crippen LogP contribution is -2.38. The molecule has 0 spiro atoms. The van der Waals surface area contributed by atoms with E-state index in [1.165, 1.54) is 0 Å². The van der Waals surface area contributed by atoms with Crippen molar-refractivity contribution >= 4 is 0 Å². The molecule has 0 heterocycles. The number of aliphatic hydroxyl groups excluding tert-OH is 1. The highest BCUT2D eigenvalue weighted by atomic mass is 16.5. The molecule has 10 heavy (non-hydrogen) atoms. The summed E-state index contributed by atoms with van der Waals surface area (Å²) in [5.74, 6) is 0. The molecule has 1 N–H and O–H groups in total. The Morgan fingerprint density at radius 1 is 1.50 bits per heavy atom. The van der Waals surface area contributed by atoms with Crippen LogP contribution in [0.15, 0.2) is 24.3 Å². The van der Waals surface area contributed by atoms with E-state index in [0.717, 1.165) is 0 Å². The summed E-state index contributed by atoms with van der Waals surface area (Å²) >= 11 is 0. The molecule has 0 aliphatic heterocycles. The van der Waals surface area contributed by atoms with Crippen molar-refractivity contribution < 1.29 is 9.84 Å². The molecule has 2 atom stereocenters. The van der Waals surface area contributed by atoms with Crippen LogP contribution in [0, 0.1) is 0 Å². The van der Waals surface area contributed by atoms with Gasteiger partial charge >= 0.3 is 0 Å². The first-order chi connectivity index (χ1) is 4.69. The molecule has 56 valence electrons. The first-order valence-corrected chi connectivity index (χ1v) is 3.28. The van der Waals surface area contributed by atoms with Gasteiger partial charge in [-0.05, 0) is 6.92 Å². The van der Waals surface area contributed by atoms with E-state index in [9.17, 15) is 5.11 Å². The second kappa shape index (κ2) is 2.56. The molecule has 1 aliphatic carbocycles. The predicted molar refractivity (Wildman–Crippen MR) is 39.7 cm³/mol. The topological polar surface area (TPSA) is 29.5 Å². The van der Waals surface area contributed by atoms with Crippen molar-refractivity contribution in [3.63, 3.8) is 0 Å². The number of allylic oxidation sites excluding steroid dienone is 2. The molecule has 2 heteroatoms. The molecule has 0 saturated heterocycles. The molecule has 1 rings (SSSR count). The minimum Gasteiger partial charge on any atom is -0.386 e. The third kappa shape index (κ3) is 1.13. The fourth-order valence-electron chi connectivity index (χ4n) is 0.894. The van der Waals surface area contributed by atoms with Gasteiger partial charge in [-0.25, -0.2) is 0 Å². The minimum absolute atomic E-state index is 0.525. The third-order valence-electron chi connectivity index (χ3n) is 1.86. The summed E-state index contributed by atoms with van der Waals surface area (Å²) in [7, 11) is 1.59. The highest BCUT2D eigenvalue weighted by Crippen LogP contribution is 2.20. The van der Waals surface area contributed by atoms with Crippen molar-refractivity contribution in [1.29, 1.82) is 0 Å². The largest absolute Gasteiger partial charge is 0.386 e. The van der Waals surface area contributed by atoms with E-state index in [-0.39, 0.29) is 0 Å². The van der Waals surface area contributed by atoms with Crippen molar-refractivity contribution in [1.82, 2.24) is 0 Å². The van der Waals surface area contributed by atoms with Gasteiger partial charge in [-0.3, -0.25) is 0 Å². The highest BCUT2D eigenvalue weighted by Gasteiger charge is 2.29. The number of rotatable bonds is 1. The average molecular weight is 140 g/mol. The molecule has 0 fully saturated rings. The fraction of sp³-hybridized carbons (Fsp3) is 0.500. The van der Waals surface area contributed by atoms with Gasteiger partial charge in [0.05, 0.1) is 0 Å². The normalized spacial score (nSPS) is 38.5. The lowest BCUT2D eigenvalue weighted by atomic mass is 9.94. The molecule has 0 radical (unpaired) electrons. The van der Waals surface area contributed by atoms with Crippen molar-refractivity contribution in [3.8, 4) is 0 Å². The second-order valence-corrected chi connectivity index (χ2v) is 2.58. The molecular formula is C8H12O2. The zero-order valence-electron chi connectivity index (χ0n) is 6.24. The van der Waals surface area contributed by atoms with E-state index in [1.807, 2.05) is 25.2 Å². The molecule has 1 aliphatic rings. The van der Waals surface area contributed by atoms with E-state index < -0.39 is 11.7 Å². The van der Waals surface area contributed by atoms with Gasteiger partial charge in [-0.1, -0.05) is 24.3 Å². The smallest absolute Gasteiger partial charge is 0.113 e. The summed E-state index contributed by atoms with van der Waals surface area (Å²) in [4.78, 5) is 0. The maximum atomic E-state index is 9.37. The van der Waals surface area contributed by atoms with E-state index in [0.29, 0.717) is 0 Å². The lowest BCUT2D eigenvalue weighted by molar-refractivity contribution is -0.0356. The van der Waals surface area contributed by atoms with Crippen molar-refractivity contribution in [2.75, 3.05) is 7.11 Å². The molecule has 2 unspecified atom stereocenters. The summed E-state index contributed by atoms with van der Waals surface area (Å²) in [6.45, 7) is 1.84. The summed E-state index contributed by atoms with van der Waals surface area (Å²) in [6, 6.07) is 0. The molecular weight excluding hydrogens is 128 g/mol. The van der Waals surface area contributed by atoms with E-state index in [2.05, 4.69) is 0 Å². The Bertz CT molecular complexity index is 172. The summed E-state index contributed by atoms with van der Waals surface area (Å²) in [5, 5.41) is 9.37. The number of hydrogen-bond donors (Lipinski definition) is 1. The number of ether oxygens (including phenoxy) is 1. The van der Waals surface area contributed by atoms with E-state index in [1.54, 1.807) is 13.2 Å². The zero-order chi connectivity index (χ0) is 7.61. The maximum Gasteiger partial charge on any atom is 0.113 e. The Hall–Kier alpha value is -0.600. The van der Waals surface area contributed by atoms with Crippen molar-refractivity contribution in [2.24, 2.45) is 0 Å². The monoisotopic (exact) mass is 140 g/mol. The molecule has 0 aromatic carbocycles. The molecule has 0 aromatic rings. The minimum atomic E-state index is -0.533. The van der Waals surface area contributed by atoms with Crippen LogP contribution in [0.3, 0.4) is 0 Å². The Balaban J connectivity index is 2.77. The summed E-state index contributed by atoms with van der Waals surface area (Å²) < 4.78 is 5.10. The van der Waals surface area contributed by atoms with Crippen LogP contribution in [0.4, 0.5) is 0 Å². The van der Waals surface area contributed by atoms with Gasteiger partial charge in [-0.2, -0.15) is 0 Å². The van der Waals surface area contributed by atoms with E-state index in [4.69, 9.17) is 4.74 Å². The Morgan fingerprint density at radius 2 is 2.20 bits per heavy atom. The number of methoxy groups -OCH3 is 1. The first-order valence-electron chi connectivity index (χ1n) is 3.28. The van der Waals surface area contributed by atoms with Gasteiger partial charge in [-0.15, -0.1) is 0 Å². The van der Waals surface area contributed by atoms with Crippen LogP contribution in [-0.2, 0) is 4.74 Å². The van der Waals surface area contributed by atoms with Gasteiger partial charge in [0.25, 0.3) is 0 Å². The van der Waals surface area contributed by atoms with Crippen LogP contribution in [0.25, 0.3) is 0 Å². The lowest BCUT2D eigenvalue weighted by Gasteiger charge is -2.29. The van der Waals surface area contributed by atoms with E-state index >= 15 is 0 Å². The maximum absolute atomic E-state index is 9.37. The molecule has 0 saturated carbocycles. The van der Waals surface area contributed by atoms with Gasteiger partial charge < -0.3 is 9.84 Å². The standard InChI is InChI=1S/C8H12O2/c1-8(10-2)6-4-3-5-7(8)9/h3-7,9H,1-2H3. The first kappa shape index (κ1) is 7.51. The highest BCUT2D eigenvalue weighted by molar-refractivity contribution is 5.21. The third-order valence-corrected chi connectivity index (χ3v) is 1.86. The number of hydrogen-bond acceptors (Lipinski definition) is 2. The van der Waals surface area contributed by atoms with Gasteiger partial charge in [0.2, 0.25) is 0 Å². The Labute approximate surface area is 60.8 Å². The van der Waals surface area contributed by atoms with Crippen LogP contribution in [0.5, 0.6) is 0 Å². The van der Waals surface area contributed by atoms with Crippen LogP contribution >= 0.6 is 0 Å². The summed E-state index contributed by atoms with van der Waals surface area (Å²) in [5.41, 5.74) is -0.533. The van der Waals surface area contributed by atoms with Crippen LogP contribution in [0.2, 0.25) is 0 Å². The molecule has 0 bridgehead atoms. The predicted octanol–water partition coefficient (Wildman–Crippen LogP) is 0.878. The van der Waals surface area contributed by atoms with Crippen LogP contribution < -0.4 is 0 Å². The Morgan fingerprint density at radius 3 is 2.60 bits per heavy atom. The second-order valence-electron chi connectivity index (χ2n) is 2.58. The van der Waals surface area contributed by atoms with Crippen LogP contribution in [-0.4, -0.2) is 23.9 Å². The number of aliphatic hydroxyl groups is 1.